The predicted molar refractivity (Wildman–Crippen MR) is 84.2 cm³/mol. The van der Waals surface area contributed by atoms with E-state index in [0.717, 1.165) is 14.5 Å². The molecule has 0 amide bonds. The largest absolute Gasteiger partial charge is 0.386 e. The van der Waals surface area contributed by atoms with Crippen LogP contribution >= 0.6 is 31.9 Å². The zero-order valence-corrected chi connectivity index (χ0v) is 14.0. The first-order chi connectivity index (χ1) is 8.95. The molecule has 2 aromatic rings. The Bertz CT molecular complexity index is 578. The van der Waals surface area contributed by atoms with Crippen molar-refractivity contribution < 1.29 is 5.11 Å². The molecule has 1 aromatic heterocycles. The van der Waals surface area contributed by atoms with Crippen molar-refractivity contribution in [2.75, 3.05) is 0 Å². The van der Waals surface area contributed by atoms with E-state index in [0.29, 0.717) is 12.1 Å². The standard InChI is InChI=1S/C15H15Br2NO/c1-9-3-10(2)5-11(4-9)6-14(19)15-13(17)7-12(16)8-18-15/h3-5,7-8,14,19H,6H2,1-2H3. The minimum atomic E-state index is -0.608. The highest BCUT2D eigenvalue weighted by Gasteiger charge is 2.14. The monoisotopic (exact) mass is 383 g/mol. The first-order valence-electron chi connectivity index (χ1n) is 6.02. The first kappa shape index (κ1) is 14.7. The third-order valence-corrected chi connectivity index (χ3v) is 3.93. The first-order valence-corrected chi connectivity index (χ1v) is 7.60. The molecule has 1 atom stereocenters. The maximum Gasteiger partial charge on any atom is 0.101 e. The number of hydrogen-bond donors (Lipinski definition) is 1. The van der Waals surface area contributed by atoms with Crippen LogP contribution in [0.4, 0.5) is 0 Å². The summed E-state index contributed by atoms with van der Waals surface area (Å²) in [7, 11) is 0. The molecule has 0 bridgehead atoms. The Morgan fingerprint density at radius 1 is 1.11 bits per heavy atom. The van der Waals surface area contributed by atoms with Crippen molar-refractivity contribution in [1.82, 2.24) is 4.98 Å². The Kier molecular flexibility index (Phi) is 4.76. The molecule has 100 valence electrons. The van der Waals surface area contributed by atoms with Gasteiger partial charge >= 0.3 is 0 Å². The van der Waals surface area contributed by atoms with Crippen LogP contribution in [0.3, 0.4) is 0 Å². The predicted octanol–water partition coefficient (Wildman–Crippen LogP) is 4.50. The average Bonchev–Trinajstić information content (AvgIpc) is 2.26. The van der Waals surface area contributed by atoms with Gasteiger partial charge in [-0.25, -0.2) is 0 Å². The normalized spacial score (nSPS) is 12.5. The van der Waals surface area contributed by atoms with Crippen molar-refractivity contribution in [2.45, 2.75) is 26.4 Å². The van der Waals surface area contributed by atoms with Crippen molar-refractivity contribution in [3.05, 3.63) is 61.8 Å². The molecule has 1 aromatic carbocycles. The van der Waals surface area contributed by atoms with Gasteiger partial charge < -0.3 is 5.11 Å². The molecule has 1 heterocycles. The minimum absolute atomic E-state index is 0.565. The van der Waals surface area contributed by atoms with Crippen LogP contribution in [0.15, 0.2) is 39.4 Å². The van der Waals surface area contributed by atoms with Crippen molar-refractivity contribution in [1.29, 1.82) is 0 Å². The van der Waals surface area contributed by atoms with Crippen molar-refractivity contribution in [2.24, 2.45) is 0 Å². The molecule has 4 heteroatoms. The third kappa shape index (κ3) is 3.88. The fourth-order valence-electron chi connectivity index (χ4n) is 2.18. The fourth-order valence-corrected chi connectivity index (χ4v) is 3.43. The fraction of sp³-hybridized carbons (Fsp3) is 0.267. The summed E-state index contributed by atoms with van der Waals surface area (Å²) in [5.41, 5.74) is 4.22. The quantitative estimate of drug-likeness (QED) is 0.844. The zero-order valence-electron chi connectivity index (χ0n) is 10.8. The van der Waals surface area contributed by atoms with Gasteiger partial charge in [0.25, 0.3) is 0 Å². The molecule has 0 aliphatic rings. The van der Waals surface area contributed by atoms with Crippen molar-refractivity contribution in [3.8, 4) is 0 Å². The highest BCUT2D eigenvalue weighted by Crippen LogP contribution is 2.27. The molecule has 0 aliphatic carbocycles. The van der Waals surface area contributed by atoms with Gasteiger partial charge in [-0.15, -0.1) is 0 Å². The number of halogens is 2. The van der Waals surface area contributed by atoms with E-state index < -0.39 is 6.10 Å². The SMILES string of the molecule is Cc1cc(C)cc(CC(O)c2ncc(Br)cc2Br)c1. The Morgan fingerprint density at radius 3 is 2.32 bits per heavy atom. The summed E-state index contributed by atoms with van der Waals surface area (Å²) in [5, 5.41) is 10.3. The number of nitrogens with zero attached hydrogens (tertiary/aromatic N) is 1. The molecule has 0 spiro atoms. The molecule has 0 saturated carbocycles. The number of aliphatic hydroxyl groups excluding tert-OH is 1. The van der Waals surface area contributed by atoms with Gasteiger partial charge in [-0.3, -0.25) is 4.98 Å². The van der Waals surface area contributed by atoms with E-state index in [-0.39, 0.29) is 0 Å². The second-order valence-corrected chi connectivity index (χ2v) is 6.51. The lowest BCUT2D eigenvalue weighted by Gasteiger charge is -2.13. The second kappa shape index (κ2) is 6.16. The number of rotatable bonds is 3. The summed E-state index contributed by atoms with van der Waals surface area (Å²) < 4.78 is 1.71. The zero-order chi connectivity index (χ0) is 14.0. The van der Waals surface area contributed by atoms with Gasteiger partial charge in [0.2, 0.25) is 0 Å². The van der Waals surface area contributed by atoms with Crippen LogP contribution in [-0.2, 0) is 6.42 Å². The number of aromatic nitrogens is 1. The molecule has 0 fully saturated rings. The Balaban J connectivity index is 2.22. The Morgan fingerprint density at radius 2 is 1.74 bits per heavy atom. The molecule has 0 saturated heterocycles. The maximum absolute atomic E-state index is 10.3. The van der Waals surface area contributed by atoms with Crippen molar-refractivity contribution in [3.63, 3.8) is 0 Å². The molecule has 19 heavy (non-hydrogen) atoms. The number of aliphatic hydroxyl groups is 1. The highest BCUT2D eigenvalue weighted by atomic mass is 79.9. The minimum Gasteiger partial charge on any atom is -0.386 e. The van der Waals surface area contributed by atoms with Crippen LogP contribution in [0.5, 0.6) is 0 Å². The van der Waals surface area contributed by atoms with Crippen molar-refractivity contribution >= 4 is 31.9 Å². The molecular formula is C15H15Br2NO. The number of pyridine rings is 1. The van der Waals surface area contributed by atoms with Crippen LogP contribution in [0.1, 0.15) is 28.5 Å². The Hall–Kier alpha value is -0.710. The second-order valence-electron chi connectivity index (χ2n) is 4.74. The van der Waals surface area contributed by atoms with Crippen LogP contribution in [0, 0.1) is 13.8 Å². The molecule has 2 rings (SSSR count). The third-order valence-electron chi connectivity index (χ3n) is 2.86. The highest BCUT2D eigenvalue weighted by molar-refractivity contribution is 9.11. The smallest absolute Gasteiger partial charge is 0.101 e. The lowest BCUT2D eigenvalue weighted by Crippen LogP contribution is -2.05. The summed E-state index contributed by atoms with van der Waals surface area (Å²) in [6, 6.07) is 8.22. The van der Waals surface area contributed by atoms with E-state index in [2.05, 4.69) is 68.9 Å². The van der Waals surface area contributed by atoms with Crippen LogP contribution in [0.2, 0.25) is 0 Å². The molecule has 1 N–H and O–H groups in total. The van der Waals surface area contributed by atoms with E-state index in [4.69, 9.17) is 0 Å². The number of benzene rings is 1. The average molecular weight is 385 g/mol. The van der Waals surface area contributed by atoms with Crippen LogP contribution < -0.4 is 0 Å². The molecule has 2 nitrogen and oxygen atoms in total. The summed E-state index contributed by atoms with van der Waals surface area (Å²) in [6.07, 6.45) is 1.66. The summed E-state index contributed by atoms with van der Waals surface area (Å²) in [6.45, 7) is 4.13. The van der Waals surface area contributed by atoms with E-state index >= 15 is 0 Å². The van der Waals surface area contributed by atoms with Gasteiger partial charge in [-0.05, 0) is 57.3 Å². The molecular weight excluding hydrogens is 370 g/mol. The van der Waals surface area contributed by atoms with Gasteiger partial charge in [0.05, 0.1) is 5.69 Å². The number of aryl methyl sites for hydroxylation is 2. The summed E-state index contributed by atoms with van der Waals surface area (Å²) in [5.74, 6) is 0. The van der Waals surface area contributed by atoms with Crippen LogP contribution in [0.25, 0.3) is 0 Å². The Labute approximate surface area is 130 Å². The van der Waals surface area contributed by atoms with Gasteiger partial charge in [-0.1, -0.05) is 29.3 Å². The van der Waals surface area contributed by atoms with E-state index in [9.17, 15) is 5.11 Å². The van der Waals surface area contributed by atoms with E-state index in [1.54, 1.807) is 6.20 Å². The maximum atomic E-state index is 10.3. The van der Waals surface area contributed by atoms with Gasteiger partial charge in [0, 0.05) is 21.6 Å². The molecule has 0 aliphatic heterocycles. The summed E-state index contributed by atoms with van der Waals surface area (Å²) >= 11 is 6.79. The van der Waals surface area contributed by atoms with E-state index in [1.807, 2.05) is 6.07 Å². The van der Waals surface area contributed by atoms with Gasteiger partial charge in [0.15, 0.2) is 0 Å². The molecule has 1 unspecified atom stereocenters. The van der Waals surface area contributed by atoms with E-state index in [1.165, 1.54) is 11.1 Å². The number of hydrogen-bond acceptors (Lipinski definition) is 2. The van der Waals surface area contributed by atoms with Gasteiger partial charge in [0.1, 0.15) is 6.10 Å². The lowest BCUT2D eigenvalue weighted by molar-refractivity contribution is 0.172. The summed E-state index contributed by atoms with van der Waals surface area (Å²) in [4.78, 5) is 4.28. The topological polar surface area (TPSA) is 33.1 Å². The van der Waals surface area contributed by atoms with Gasteiger partial charge in [-0.2, -0.15) is 0 Å². The van der Waals surface area contributed by atoms with Crippen LogP contribution in [-0.4, -0.2) is 10.1 Å². The molecule has 0 radical (unpaired) electrons. The lowest BCUT2D eigenvalue weighted by atomic mass is 10.0.